The van der Waals surface area contributed by atoms with Crippen LogP contribution < -0.4 is 0 Å². The van der Waals surface area contributed by atoms with Gasteiger partial charge in [0.25, 0.3) is 0 Å². The van der Waals surface area contributed by atoms with Gasteiger partial charge in [0.05, 0.1) is 0 Å². The van der Waals surface area contributed by atoms with Crippen LogP contribution in [0.3, 0.4) is 0 Å². The summed E-state index contributed by atoms with van der Waals surface area (Å²) in [4.78, 5) is 0. The van der Waals surface area contributed by atoms with Gasteiger partial charge in [0, 0.05) is 22.3 Å². The van der Waals surface area contributed by atoms with Crippen LogP contribution in [0.2, 0.25) is 0 Å². The molecule has 0 heteroatoms. The summed E-state index contributed by atoms with van der Waals surface area (Å²) < 4.78 is 0. The fourth-order valence-corrected chi connectivity index (χ4v) is 1.63. The lowest BCUT2D eigenvalue weighted by atomic mass is 10.1. The maximum Gasteiger partial charge on any atom is 0.0412 e. The molecule has 0 nitrogen and oxygen atoms in total. The van der Waals surface area contributed by atoms with Gasteiger partial charge in [0.1, 0.15) is 0 Å². The van der Waals surface area contributed by atoms with Crippen molar-refractivity contribution >= 4 is 0 Å². The summed E-state index contributed by atoms with van der Waals surface area (Å²) in [7, 11) is 0. The molecule has 20 heavy (non-hydrogen) atoms. The van der Waals surface area contributed by atoms with Gasteiger partial charge < -0.3 is 0 Å². The highest BCUT2D eigenvalue weighted by Gasteiger charge is 1.93. The van der Waals surface area contributed by atoms with Crippen LogP contribution >= 0.6 is 0 Å². The van der Waals surface area contributed by atoms with Gasteiger partial charge in [-0.3, -0.25) is 0 Å². The lowest BCUT2D eigenvalue weighted by Crippen LogP contribution is -1.82. The molecule has 90 valence electrons. The number of hydrogen-bond acceptors (Lipinski definition) is 0. The topological polar surface area (TPSA) is 0 Å². The van der Waals surface area contributed by atoms with Gasteiger partial charge >= 0.3 is 0 Å². The standard InChI is InChI=1S/C20H10/c1-3-17-11-5-7-13-19(17)15-9-10-16-20-14-8-6-12-18(20)4-2/h1-2,5-8,11-14H. The maximum atomic E-state index is 5.41. The highest BCUT2D eigenvalue weighted by Crippen LogP contribution is 2.05. The van der Waals surface area contributed by atoms with Crippen molar-refractivity contribution in [3.63, 3.8) is 0 Å². The Morgan fingerprint density at radius 3 is 1.25 bits per heavy atom. The van der Waals surface area contributed by atoms with Crippen LogP contribution in [0.25, 0.3) is 0 Å². The van der Waals surface area contributed by atoms with Gasteiger partial charge in [0.15, 0.2) is 0 Å². The minimum absolute atomic E-state index is 0.769. The van der Waals surface area contributed by atoms with E-state index in [1.54, 1.807) is 0 Å². The predicted octanol–water partition coefficient (Wildman–Crippen LogP) is 3.05. The fraction of sp³-hybridized carbons (Fsp3) is 0. The molecule has 0 atom stereocenters. The summed E-state index contributed by atoms with van der Waals surface area (Å²) in [5.74, 6) is 16.7. The molecule has 2 aromatic rings. The van der Waals surface area contributed by atoms with Crippen LogP contribution in [-0.2, 0) is 0 Å². The lowest BCUT2D eigenvalue weighted by molar-refractivity contribution is 1.59. The molecule has 0 fully saturated rings. The first-order valence-corrected chi connectivity index (χ1v) is 5.98. The molecule has 0 heterocycles. The van der Waals surface area contributed by atoms with E-state index in [-0.39, 0.29) is 0 Å². The van der Waals surface area contributed by atoms with Gasteiger partial charge in [-0.05, 0) is 36.1 Å². The highest BCUT2D eigenvalue weighted by molar-refractivity contribution is 5.54. The van der Waals surface area contributed by atoms with Crippen molar-refractivity contribution in [2.75, 3.05) is 0 Å². The first-order valence-electron chi connectivity index (χ1n) is 5.98. The Labute approximate surface area is 119 Å². The Bertz CT molecular complexity index is 758. The molecular weight excluding hydrogens is 240 g/mol. The molecule has 0 aliphatic carbocycles. The molecule has 0 amide bonds. The average Bonchev–Trinajstić information content (AvgIpc) is 2.52. The van der Waals surface area contributed by atoms with E-state index in [2.05, 4.69) is 35.5 Å². The minimum atomic E-state index is 0.769. The molecular formula is C20H10. The number of terminal acetylenes is 2. The minimum Gasteiger partial charge on any atom is -0.115 e. The van der Waals surface area contributed by atoms with Crippen LogP contribution in [0.4, 0.5) is 0 Å². The second kappa shape index (κ2) is 6.57. The van der Waals surface area contributed by atoms with Crippen molar-refractivity contribution in [3.05, 3.63) is 70.8 Å². The summed E-state index contributed by atoms with van der Waals surface area (Å²) in [5.41, 5.74) is 3.14. The lowest BCUT2D eigenvalue weighted by Gasteiger charge is -1.93. The Hall–Kier alpha value is -3.32. The van der Waals surface area contributed by atoms with Crippen molar-refractivity contribution in [1.29, 1.82) is 0 Å². The molecule has 0 N–H and O–H groups in total. The molecule has 0 spiro atoms. The monoisotopic (exact) mass is 250 g/mol. The summed E-state index contributed by atoms with van der Waals surface area (Å²) >= 11 is 0. The van der Waals surface area contributed by atoms with E-state index >= 15 is 0 Å². The van der Waals surface area contributed by atoms with Crippen LogP contribution in [0.5, 0.6) is 0 Å². The molecule has 0 unspecified atom stereocenters. The molecule has 2 rings (SSSR count). The van der Waals surface area contributed by atoms with Crippen molar-refractivity contribution in [2.24, 2.45) is 0 Å². The van der Waals surface area contributed by atoms with Crippen molar-refractivity contribution in [1.82, 2.24) is 0 Å². The normalized spacial score (nSPS) is 8.10. The Kier molecular flexibility index (Phi) is 4.31. The molecule has 0 saturated carbocycles. The molecule has 0 bridgehead atoms. The summed E-state index contributed by atoms with van der Waals surface area (Å²) in [6.45, 7) is 0. The van der Waals surface area contributed by atoms with E-state index in [1.165, 1.54) is 0 Å². The van der Waals surface area contributed by atoms with Gasteiger partial charge in [0.2, 0.25) is 0 Å². The van der Waals surface area contributed by atoms with E-state index in [4.69, 9.17) is 12.8 Å². The van der Waals surface area contributed by atoms with Crippen molar-refractivity contribution in [3.8, 4) is 48.4 Å². The van der Waals surface area contributed by atoms with Crippen LogP contribution in [-0.4, -0.2) is 0 Å². The van der Waals surface area contributed by atoms with Gasteiger partial charge in [-0.1, -0.05) is 47.9 Å². The third-order valence-electron chi connectivity index (χ3n) is 2.62. The molecule has 2 aromatic carbocycles. The van der Waals surface area contributed by atoms with Gasteiger partial charge in [-0.2, -0.15) is 0 Å². The zero-order valence-electron chi connectivity index (χ0n) is 10.8. The van der Waals surface area contributed by atoms with Gasteiger partial charge in [-0.25, -0.2) is 0 Å². The zero-order valence-corrected chi connectivity index (χ0v) is 10.8. The predicted molar refractivity (Wildman–Crippen MR) is 82.5 cm³/mol. The first-order chi connectivity index (χ1) is 9.85. The third kappa shape index (κ3) is 3.12. The first kappa shape index (κ1) is 13.1. The van der Waals surface area contributed by atoms with Crippen molar-refractivity contribution < 1.29 is 0 Å². The van der Waals surface area contributed by atoms with E-state index in [0.717, 1.165) is 22.3 Å². The average molecular weight is 250 g/mol. The Morgan fingerprint density at radius 1 is 0.550 bits per heavy atom. The number of benzene rings is 2. The van der Waals surface area contributed by atoms with E-state index in [1.807, 2.05) is 48.5 Å². The molecule has 0 saturated heterocycles. The third-order valence-corrected chi connectivity index (χ3v) is 2.62. The number of rotatable bonds is 0. The second-order valence-electron chi connectivity index (χ2n) is 3.88. The molecule has 0 aromatic heterocycles. The van der Waals surface area contributed by atoms with Crippen molar-refractivity contribution in [2.45, 2.75) is 0 Å². The van der Waals surface area contributed by atoms with E-state index < -0.39 is 0 Å². The quantitative estimate of drug-likeness (QED) is 0.630. The summed E-state index contributed by atoms with van der Waals surface area (Å²) in [5, 5.41) is 0. The SMILES string of the molecule is C#Cc1ccccc1C#CC#Cc1ccccc1C#C. The summed E-state index contributed by atoms with van der Waals surface area (Å²) in [6, 6.07) is 15.0. The largest absolute Gasteiger partial charge is 0.115 e. The number of hydrogen-bond donors (Lipinski definition) is 0. The van der Waals surface area contributed by atoms with E-state index in [0.29, 0.717) is 0 Å². The zero-order chi connectivity index (χ0) is 14.2. The Balaban J connectivity index is 2.28. The Morgan fingerprint density at radius 2 is 0.900 bits per heavy atom. The molecule has 0 radical (unpaired) electrons. The van der Waals surface area contributed by atoms with Crippen LogP contribution in [0, 0.1) is 48.4 Å². The van der Waals surface area contributed by atoms with E-state index in [9.17, 15) is 0 Å². The smallest absolute Gasteiger partial charge is 0.0412 e. The molecule has 0 aliphatic rings. The summed E-state index contributed by atoms with van der Waals surface area (Å²) in [6.07, 6.45) is 10.8. The second-order valence-corrected chi connectivity index (χ2v) is 3.88. The highest BCUT2D eigenvalue weighted by atomic mass is 14.0. The van der Waals surface area contributed by atoms with Gasteiger partial charge in [-0.15, -0.1) is 12.8 Å². The fourth-order valence-electron chi connectivity index (χ4n) is 1.63. The van der Waals surface area contributed by atoms with Crippen LogP contribution in [0.1, 0.15) is 22.3 Å². The van der Waals surface area contributed by atoms with Crippen LogP contribution in [0.15, 0.2) is 48.5 Å². The maximum absolute atomic E-state index is 5.41. The molecule has 0 aliphatic heterocycles.